The van der Waals surface area contributed by atoms with E-state index in [1.165, 1.54) is 6.33 Å². The molecule has 1 unspecified atom stereocenters. The van der Waals surface area contributed by atoms with Crippen LogP contribution in [0.15, 0.2) is 36.9 Å². The van der Waals surface area contributed by atoms with Crippen molar-refractivity contribution in [2.75, 3.05) is 0 Å². The van der Waals surface area contributed by atoms with Crippen LogP contribution in [0.25, 0.3) is 5.69 Å². The normalized spacial score (nSPS) is 12.2. The molecule has 7 nitrogen and oxygen atoms in total. The van der Waals surface area contributed by atoms with Crippen LogP contribution in [-0.4, -0.2) is 36.5 Å². The first kappa shape index (κ1) is 16.9. The molecule has 1 atom stereocenters. The lowest BCUT2D eigenvalue weighted by Crippen LogP contribution is -2.36. The molecule has 1 aromatic carbocycles. The number of amides is 1. The number of carbonyl (C=O) groups excluding carboxylic acids is 1. The van der Waals surface area contributed by atoms with Gasteiger partial charge in [-0.3, -0.25) is 9.48 Å². The Balaban J connectivity index is 1.76. The standard InChI is InChI=1S/C18H22N6O/c1-12-5-13(2)7-16(6-12)24-15(4)8-17(22-24)18(25)21-14(3)9-23-11-19-10-20-23/h5-8,10-11,14H,9H2,1-4H3,(H,21,25). The van der Waals surface area contributed by atoms with E-state index in [0.717, 1.165) is 22.5 Å². The molecule has 0 fully saturated rings. The quantitative estimate of drug-likeness (QED) is 0.774. The van der Waals surface area contributed by atoms with Crippen molar-refractivity contribution in [2.24, 2.45) is 0 Å². The van der Waals surface area contributed by atoms with Crippen LogP contribution in [0.3, 0.4) is 0 Å². The number of nitrogens with zero attached hydrogens (tertiary/aromatic N) is 5. The van der Waals surface area contributed by atoms with Gasteiger partial charge in [0.05, 0.1) is 12.2 Å². The van der Waals surface area contributed by atoms with Crippen molar-refractivity contribution in [3.8, 4) is 5.69 Å². The van der Waals surface area contributed by atoms with Crippen LogP contribution >= 0.6 is 0 Å². The number of aromatic nitrogens is 5. The largest absolute Gasteiger partial charge is 0.346 e. The number of nitrogens with one attached hydrogen (secondary N) is 1. The first-order valence-electron chi connectivity index (χ1n) is 8.21. The molecular formula is C18H22N6O. The van der Waals surface area contributed by atoms with Crippen LogP contribution in [0.2, 0.25) is 0 Å². The van der Waals surface area contributed by atoms with Gasteiger partial charge < -0.3 is 5.32 Å². The van der Waals surface area contributed by atoms with Crippen molar-refractivity contribution in [3.05, 3.63) is 59.4 Å². The summed E-state index contributed by atoms with van der Waals surface area (Å²) in [6.45, 7) is 8.53. The van der Waals surface area contributed by atoms with E-state index in [2.05, 4.69) is 52.5 Å². The zero-order chi connectivity index (χ0) is 18.0. The van der Waals surface area contributed by atoms with E-state index in [0.29, 0.717) is 12.2 Å². The van der Waals surface area contributed by atoms with Crippen molar-refractivity contribution >= 4 is 5.91 Å². The average molecular weight is 338 g/mol. The summed E-state index contributed by atoms with van der Waals surface area (Å²) in [5, 5.41) is 11.5. The molecule has 0 radical (unpaired) electrons. The molecule has 1 N–H and O–H groups in total. The van der Waals surface area contributed by atoms with Crippen molar-refractivity contribution < 1.29 is 4.79 Å². The van der Waals surface area contributed by atoms with Gasteiger partial charge in [-0.2, -0.15) is 10.2 Å². The van der Waals surface area contributed by atoms with Crippen molar-refractivity contribution in [3.63, 3.8) is 0 Å². The SMILES string of the molecule is Cc1cc(C)cc(-n2nc(C(=O)NC(C)Cn3cncn3)cc2C)c1. The minimum Gasteiger partial charge on any atom is -0.346 e. The summed E-state index contributed by atoms with van der Waals surface area (Å²) in [5.74, 6) is -0.196. The van der Waals surface area contributed by atoms with Crippen molar-refractivity contribution in [2.45, 2.75) is 40.3 Å². The minimum absolute atomic E-state index is 0.0825. The maximum absolute atomic E-state index is 12.5. The third-order valence-electron chi connectivity index (χ3n) is 3.88. The number of benzene rings is 1. The van der Waals surface area contributed by atoms with Gasteiger partial charge in [-0.1, -0.05) is 6.07 Å². The third-order valence-corrected chi connectivity index (χ3v) is 3.88. The molecule has 3 aromatic rings. The minimum atomic E-state index is -0.196. The third kappa shape index (κ3) is 3.93. The van der Waals surface area contributed by atoms with Gasteiger partial charge in [0.2, 0.25) is 0 Å². The molecule has 0 aliphatic carbocycles. The van der Waals surface area contributed by atoms with E-state index >= 15 is 0 Å². The molecule has 0 bridgehead atoms. The van der Waals surface area contributed by atoms with Crippen LogP contribution < -0.4 is 5.32 Å². The molecule has 0 saturated carbocycles. The second kappa shape index (κ2) is 6.88. The topological polar surface area (TPSA) is 77.6 Å². The fourth-order valence-corrected chi connectivity index (χ4v) is 2.87. The number of rotatable bonds is 5. The highest BCUT2D eigenvalue weighted by atomic mass is 16.2. The summed E-state index contributed by atoms with van der Waals surface area (Å²) in [7, 11) is 0. The van der Waals surface area contributed by atoms with Gasteiger partial charge in [-0.25, -0.2) is 9.67 Å². The molecular weight excluding hydrogens is 316 g/mol. The number of aryl methyl sites for hydroxylation is 3. The lowest BCUT2D eigenvalue weighted by atomic mass is 10.1. The van der Waals surface area contributed by atoms with Crippen LogP contribution in [0.4, 0.5) is 0 Å². The summed E-state index contributed by atoms with van der Waals surface area (Å²) >= 11 is 0. The Morgan fingerprint density at radius 3 is 2.52 bits per heavy atom. The van der Waals surface area contributed by atoms with Crippen LogP contribution in [0.5, 0.6) is 0 Å². The summed E-state index contributed by atoms with van der Waals surface area (Å²) in [6.07, 6.45) is 3.10. The number of hydrogen-bond donors (Lipinski definition) is 1. The maximum atomic E-state index is 12.5. The van der Waals surface area contributed by atoms with E-state index < -0.39 is 0 Å². The van der Waals surface area contributed by atoms with Gasteiger partial charge in [0.15, 0.2) is 5.69 Å². The molecule has 3 rings (SSSR count). The summed E-state index contributed by atoms with van der Waals surface area (Å²) in [5.41, 5.74) is 4.61. The molecule has 1 amide bonds. The van der Waals surface area contributed by atoms with E-state index in [1.54, 1.807) is 21.8 Å². The van der Waals surface area contributed by atoms with E-state index in [9.17, 15) is 4.79 Å². The highest BCUT2D eigenvalue weighted by molar-refractivity contribution is 5.92. The lowest BCUT2D eigenvalue weighted by Gasteiger charge is -2.12. The Morgan fingerprint density at radius 1 is 1.16 bits per heavy atom. The Labute approximate surface area is 146 Å². The molecule has 0 spiro atoms. The van der Waals surface area contributed by atoms with Crippen molar-refractivity contribution in [1.29, 1.82) is 0 Å². The predicted molar refractivity (Wildman–Crippen MR) is 94.7 cm³/mol. The lowest BCUT2D eigenvalue weighted by molar-refractivity contribution is 0.0930. The highest BCUT2D eigenvalue weighted by Crippen LogP contribution is 2.16. The zero-order valence-corrected chi connectivity index (χ0v) is 14.9. The second-order valence-electron chi connectivity index (χ2n) is 6.42. The molecule has 25 heavy (non-hydrogen) atoms. The first-order chi connectivity index (χ1) is 11.9. The first-order valence-corrected chi connectivity index (χ1v) is 8.21. The van der Waals surface area contributed by atoms with Crippen molar-refractivity contribution in [1.82, 2.24) is 29.9 Å². The molecule has 0 aliphatic rings. The molecule has 7 heteroatoms. The maximum Gasteiger partial charge on any atom is 0.272 e. The van der Waals surface area contributed by atoms with E-state index in [1.807, 2.05) is 13.8 Å². The highest BCUT2D eigenvalue weighted by Gasteiger charge is 2.16. The number of carbonyl (C=O) groups is 1. The molecule has 130 valence electrons. The van der Waals surface area contributed by atoms with Crippen LogP contribution in [0.1, 0.15) is 34.2 Å². The Hall–Kier alpha value is -2.96. The van der Waals surface area contributed by atoms with Gasteiger partial charge >= 0.3 is 0 Å². The summed E-state index contributed by atoms with van der Waals surface area (Å²) < 4.78 is 3.49. The Kier molecular flexibility index (Phi) is 4.65. The van der Waals surface area contributed by atoms with Gasteiger partial charge in [-0.05, 0) is 57.0 Å². The Bertz CT molecular complexity index is 861. The number of hydrogen-bond acceptors (Lipinski definition) is 4. The predicted octanol–water partition coefficient (Wildman–Crippen LogP) is 2.21. The molecule has 0 saturated heterocycles. The van der Waals surface area contributed by atoms with Gasteiger partial charge in [0.25, 0.3) is 5.91 Å². The average Bonchev–Trinajstić information content (AvgIpc) is 3.15. The fraction of sp³-hybridized carbons (Fsp3) is 0.333. The van der Waals surface area contributed by atoms with Gasteiger partial charge in [0, 0.05) is 11.7 Å². The van der Waals surface area contributed by atoms with Gasteiger partial charge in [0.1, 0.15) is 12.7 Å². The molecule has 0 aliphatic heterocycles. The molecule has 2 heterocycles. The van der Waals surface area contributed by atoms with Gasteiger partial charge in [-0.15, -0.1) is 0 Å². The second-order valence-corrected chi connectivity index (χ2v) is 6.42. The van der Waals surface area contributed by atoms with Crippen LogP contribution in [0, 0.1) is 20.8 Å². The van der Waals surface area contributed by atoms with E-state index in [4.69, 9.17) is 0 Å². The molecule has 2 aromatic heterocycles. The fourth-order valence-electron chi connectivity index (χ4n) is 2.87. The summed E-state index contributed by atoms with van der Waals surface area (Å²) in [6, 6.07) is 7.95. The summed E-state index contributed by atoms with van der Waals surface area (Å²) in [4.78, 5) is 16.4. The van der Waals surface area contributed by atoms with E-state index in [-0.39, 0.29) is 11.9 Å². The Morgan fingerprint density at radius 2 is 1.88 bits per heavy atom. The zero-order valence-electron chi connectivity index (χ0n) is 14.9. The van der Waals surface area contributed by atoms with Crippen LogP contribution in [-0.2, 0) is 6.54 Å². The monoisotopic (exact) mass is 338 g/mol. The smallest absolute Gasteiger partial charge is 0.272 e.